The molecular formula is C16H14FNO2. The topological polar surface area (TPSA) is 53.2 Å². The fourth-order valence-electron chi connectivity index (χ4n) is 1.90. The van der Waals surface area contributed by atoms with Gasteiger partial charge in [0, 0.05) is 12.2 Å². The summed E-state index contributed by atoms with van der Waals surface area (Å²) in [5, 5.41) is 17.8. The Hall–Kier alpha value is -2.38. The maximum atomic E-state index is 13.9. The molecule has 0 amide bonds. The maximum absolute atomic E-state index is 13.9. The van der Waals surface area contributed by atoms with Gasteiger partial charge in [0.1, 0.15) is 24.2 Å². The second kappa shape index (κ2) is 6.69. The minimum Gasteiger partial charge on any atom is -0.489 e. The summed E-state index contributed by atoms with van der Waals surface area (Å²) in [5.74, 6) is 0.0675. The summed E-state index contributed by atoms with van der Waals surface area (Å²) in [7, 11) is 0. The van der Waals surface area contributed by atoms with E-state index in [1.54, 1.807) is 24.3 Å². The van der Waals surface area contributed by atoms with Gasteiger partial charge < -0.3 is 9.84 Å². The third-order valence-corrected chi connectivity index (χ3v) is 2.94. The van der Waals surface area contributed by atoms with Crippen LogP contribution in [0.25, 0.3) is 0 Å². The summed E-state index contributed by atoms with van der Waals surface area (Å²) in [5.41, 5.74) is 1.21. The van der Waals surface area contributed by atoms with Gasteiger partial charge >= 0.3 is 0 Å². The molecule has 0 aliphatic carbocycles. The highest BCUT2D eigenvalue weighted by Gasteiger charge is 2.09. The van der Waals surface area contributed by atoms with Crippen molar-refractivity contribution in [2.24, 2.45) is 0 Å². The standard InChI is InChI=1S/C16H14FNO2/c17-16-13(10-18)5-3-6-14(16)11-20-15-7-2-1-4-12(15)8-9-19/h1-7,19H,8-9,11H2. The first-order valence-corrected chi connectivity index (χ1v) is 6.25. The molecule has 0 atom stereocenters. The third-order valence-electron chi connectivity index (χ3n) is 2.94. The highest BCUT2D eigenvalue weighted by atomic mass is 19.1. The van der Waals surface area contributed by atoms with Crippen molar-refractivity contribution in [3.63, 3.8) is 0 Å². The van der Waals surface area contributed by atoms with Gasteiger partial charge in [0.15, 0.2) is 0 Å². The van der Waals surface area contributed by atoms with Crippen molar-refractivity contribution in [2.75, 3.05) is 6.61 Å². The Balaban J connectivity index is 2.15. The van der Waals surface area contributed by atoms with Crippen molar-refractivity contribution in [3.05, 3.63) is 65.0 Å². The molecule has 0 fully saturated rings. The predicted molar refractivity (Wildman–Crippen MR) is 72.7 cm³/mol. The number of para-hydroxylation sites is 1. The monoisotopic (exact) mass is 271 g/mol. The lowest BCUT2D eigenvalue weighted by molar-refractivity contribution is 0.281. The van der Waals surface area contributed by atoms with Gasteiger partial charge in [0.2, 0.25) is 0 Å². The normalized spacial score (nSPS) is 10.1. The first-order valence-electron chi connectivity index (χ1n) is 6.25. The predicted octanol–water partition coefficient (Wildman–Crippen LogP) is 2.81. The molecule has 2 aromatic carbocycles. The number of nitrogens with zero attached hydrogens (tertiary/aromatic N) is 1. The van der Waals surface area contributed by atoms with Crippen molar-refractivity contribution >= 4 is 0 Å². The number of ether oxygens (including phenoxy) is 1. The van der Waals surface area contributed by atoms with Gasteiger partial charge in [0.25, 0.3) is 0 Å². The van der Waals surface area contributed by atoms with Crippen LogP contribution >= 0.6 is 0 Å². The zero-order valence-electron chi connectivity index (χ0n) is 10.8. The van der Waals surface area contributed by atoms with Crippen LogP contribution in [0, 0.1) is 17.1 Å². The number of aliphatic hydroxyl groups excluding tert-OH is 1. The summed E-state index contributed by atoms with van der Waals surface area (Å²) >= 11 is 0. The van der Waals surface area contributed by atoms with Crippen molar-refractivity contribution < 1.29 is 14.2 Å². The van der Waals surface area contributed by atoms with E-state index in [1.165, 1.54) is 6.07 Å². The molecule has 0 heterocycles. The van der Waals surface area contributed by atoms with Crippen LogP contribution in [0.1, 0.15) is 16.7 Å². The minimum absolute atomic E-state index is 0.00902. The second-order valence-corrected chi connectivity index (χ2v) is 4.26. The smallest absolute Gasteiger partial charge is 0.147 e. The largest absolute Gasteiger partial charge is 0.489 e. The summed E-state index contributed by atoms with van der Waals surface area (Å²) in [6.45, 7) is 0.0719. The molecule has 0 aliphatic heterocycles. The number of hydrogen-bond donors (Lipinski definition) is 1. The van der Waals surface area contributed by atoms with E-state index >= 15 is 0 Å². The molecule has 4 heteroatoms. The number of nitriles is 1. The Morgan fingerprint density at radius 3 is 2.60 bits per heavy atom. The van der Waals surface area contributed by atoms with Crippen molar-refractivity contribution in [1.29, 1.82) is 5.26 Å². The SMILES string of the molecule is N#Cc1cccc(COc2ccccc2CCO)c1F. The van der Waals surface area contributed by atoms with Gasteiger partial charge in [-0.25, -0.2) is 4.39 Å². The van der Waals surface area contributed by atoms with Crippen molar-refractivity contribution in [1.82, 2.24) is 0 Å². The van der Waals surface area contributed by atoms with Gasteiger partial charge in [0.05, 0.1) is 5.56 Å². The van der Waals surface area contributed by atoms with Crippen LogP contribution in [-0.4, -0.2) is 11.7 Å². The molecule has 102 valence electrons. The highest BCUT2D eigenvalue weighted by Crippen LogP contribution is 2.21. The van der Waals surface area contributed by atoms with Crippen LogP contribution in [0.5, 0.6) is 5.75 Å². The van der Waals surface area contributed by atoms with E-state index in [0.717, 1.165) is 5.56 Å². The molecule has 2 aromatic rings. The Bertz CT molecular complexity index is 635. The molecule has 1 N–H and O–H groups in total. The van der Waals surface area contributed by atoms with E-state index in [1.807, 2.05) is 18.2 Å². The zero-order valence-corrected chi connectivity index (χ0v) is 10.8. The zero-order chi connectivity index (χ0) is 14.4. The number of aliphatic hydroxyl groups is 1. The maximum Gasteiger partial charge on any atom is 0.147 e. The summed E-state index contributed by atoms with van der Waals surface area (Å²) in [6, 6.07) is 13.7. The first kappa shape index (κ1) is 14.0. The van der Waals surface area contributed by atoms with Crippen LogP contribution in [-0.2, 0) is 13.0 Å². The van der Waals surface area contributed by atoms with E-state index in [9.17, 15) is 4.39 Å². The lowest BCUT2D eigenvalue weighted by Crippen LogP contribution is -2.03. The molecule has 0 aromatic heterocycles. The van der Waals surface area contributed by atoms with Gasteiger partial charge in [-0.2, -0.15) is 5.26 Å². The third kappa shape index (κ3) is 3.14. The molecule has 0 spiro atoms. The van der Waals surface area contributed by atoms with Crippen LogP contribution in [0.3, 0.4) is 0 Å². The van der Waals surface area contributed by atoms with Crippen LogP contribution in [0.2, 0.25) is 0 Å². The van der Waals surface area contributed by atoms with E-state index in [4.69, 9.17) is 15.1 Å². The van der Waals surface area contributed by atoms with E-state index in [2.05, 4.69) is 0 Å². The summed E-state index contributed by atoms with van der Waals surface area (Å²) < 4.78 is 19.5. The average Bonchev–Trinajstić information content (AvgIpc) is 2.48. The fraction of sp³-hybridized carbons (Fsp3) is 0.188. The van der Waals surface area contributed by atoms with E-state index in [-0.39, 0.29) is 18.8 Å². The second-order valence-electron chi connectivity index (χ2n) is 4.26. The molecule has 0 bridgehead atoms. The van der Waals surface area contributed by atoms with Crippen molar-refractivity contribution in [2.45, 2.75) is 13.0 Å². The Morgan fingerprint density at radius 2 is 1.85 bits per heavy atom. The van der Waals surface area contributed by atoms with Crippen LogP contribution in [0.4, 0.5) is 4.39 Å². The Kier molecular flexibility index (Phi) is 4.70. The van der Waals surface area contributed by atoms with Crippen molar-refractivity contribution in [3.8, 4) is 11.8 Å². The lowest BCUT2D eigenvalue weighted by atomic mass is 10.1. The Morgan fingerprint density at radius 1 is 1.10 bits per heavy atom. The van der Waals surface area contributed by atoms with Gasteiger partial charge in [-0.05, 0) is 24.1 Å². The molecule has 0 saturated carbocycles. The molecule has 0 saturated heterocycles. The summed E-state index contributed by atoms with van der Waals surface area (Å²) in [6.07, 6.45) is 0.483. The number of rotatable bonds is 5. The number of halogens is 1. The van der Waals surface area contributed by atoms with Crippen LogP contribution < -0.4 is 4.74 Å². The number of benzene rings is 2. The summed E-state index contributed by atoms with van der Waals surface area (Å²) in [4.78, 5) is 0. The quantitative estimate of drug-likeness (QED) is 0.909. The lowest BCUT2D eigenvalue weighted by Gasteiger charge is -2.11. The molecule has 2 rings (SSSR count). The average molecular weight is 271 g/mol. The van der Waals surface area contributed by atoms with E-state index in [0.29, 0.717) is 17.7 Å². The van der Waals surface area contributed by atoms with Crippen LogP contribution in [0.15, 0.2) is 42.5 Å². The molecule has 0 aliphatic rings. The van der Waals surface area contributed by atoms with Gasteiger partial charge in [-0.1, -0.05) is 30.3 Å². The molecule has 0 radical (unpaired) electrons. The van der Waals surface area contributed by atoms with Gasteiger partial charge in [-0.3, -0.25) is 0 Å². The fourth-order valence-corrected chi connectivity index (χ4v) is 1.90. The molecule has 0 unspecified atom stereocenters. The highest BCUT2D eigenvalue weighted by molar-refractivity contribution is 5.36. The molecular weight excluding hydrogens is 257 g/mol. The van der Waals surface area contributed by atoms with Gasteiger partial charge in [-0.15, -0.1) is 0 Å². The number of hydrogen-bond acceptors (Lipinski definition) is 3. The Labute approximate surface area is 116 Å². The molecule has 20 heavy (non-hydrogen) atoms. The first-order chi connectivity index (χ1) is 9.76. The minimum atomic E-state index is -0.547. The molecule has 3 nitrogen and oxygen atoms in total. The van der Waals surface area contributed by atoms with E-state index < -0.39 is 5.82 Å².